The zero-order valence-corrected chi connectivity index (χ0v) is 8.12. The van der Waals surface area contributed by atoms with Crippen molar-refractivity contribution >= 4 is 18.3 Å². The number of amides is 1. The summed E-state index contributed by atoms with van der Waals surface area (Å²) in [7, 11) is 0. The fourth-order valence-corrected chi connectivity index (χ4v) is 0.921. The van der Waals surface area contributed by atoms with Crippen LogP contribution in [0.1, 0.15) is 12.8 Å². The van der Waals surface area contributed by atoms with E-state index in [9.17, 15) is 9.59 Å². The van der Waals surface area contributed by atoms with E-state index < -0.39 is 12.0 Å². The smallest absolute Gasteiger partial charge is 0.322 e. The van der Waals surface area contributed by atoms with E-state index in [-0.39, 0.29) is 5.96 Å². The van der Waals surface area contributed by atoms with Crippen LogP contribution in [-0.4, -0.2) is 36.0 Å². The van der Waals surface area contributed by atoms with Crippen molar-refractivity contribution in [2.24, 2.45) is 5.73 Å². The van der Waals surface area contributed by atoms with E-state index >= 15 is 0 Å². The third-order valence-corrected chi connectivity index (χ3v) is 1.60. The van der Waals surface area contributed by atoms with Gasteiger partial charge >= 0.3 is 5.97 Å². The Hall–Kier alpha value is -1.83. The van der Waals surface area contributed by atoms with Gasteiger partial charge in [0.2, 0.25) is 6.41 Å². The molecular weight excluding hydrogens is 202 g/mol. The topological polar surface area (TPSA) is 140 Å². The molecule has 0 aliphatic rings. The summed E-state index contributed by atoms with van der Waals surface area (Å²) in [5, 5.41) is 18.1. The standard InChI is InChI=1S/C7H15N5O3/c8-7(9)10-3-1-2-5(6(14)15)12-11-4-13/h4-5,12H,1-3H2,(H,11,13)(H,14,15)(H4,8,9,10). The van der Waals surface area contributed by atoms with E-state index in [1.807, 2.05) is 0 Å². The molecule has 0 aromatic rings. The molecule has 0 aliphatic carbocycles. The van der Waals surface area contributed by atoms with E-state index in [1.165, 1.54) is 0 Å². The van der Waals surface area contributed by atoms with Crippen LogP contribution < -0.4 is 21.9 Å². The summed E-state index contributed by atoms with van der Waals surface area (Å²) >= 11 is 0. The van der Waals surface area contributed by atoms with Crippen LogP contribution in [-0.2, 0) is 9.59 Å². The molecule has 0 rings (SSSR count). The highest BCUT2D eigenvalue weighted by molar-refractivity contribution is 5.74. The fraction of sp³-hybridized carbons (Fsp3) is 0.571. The zero-order chi connectivity index (χ0) is 11.7. The highest BCUT2D eigenvalue weighted by Gasteiger charge is 2.15. The predicted octanol–water partition coefficient (Wildman–Crippen LogP) is -2.05. The molecule has 1 amide bonds. The number of carbonyl (C=O) groups is 2. The van der Waals surface area contributed by atoms with Crippen LogP contribution in [0.15, 0.2) is 0 Å². The lowest BCUT2D eigenvalue weighted by Crippen LogP contribution is -2.45. The Bertz CT molecular complexity index is 233. The molecule has 0 heterocycles. The molecule has 0 spiro atoms. The van der Waals surface area contributed by atoms with Crippen molar-refractivity contribution < 1.29 is 14.7 Å². The number of hydrogen-bond acceptors (Lipinski definition) is 4. The zero-order valence-electron chi connectivity index (χ0n) is 8.12. The summed E-state index contributed by atoms with van der Waals surface area (Å²) in [6.07, 6.45) is 1.20. The SMILES string of the molecule is N=C(N)NCCCC(NNC=O)C(=O)O. The van der Waals surface area contributed by atoms with Gasteiger partial charge in [-0.05, 0) is 12.8 Å². The van der Waals surface area contributed by atoms with Gasteiger partial charge in [-0.2, -0.15) is 0 Å². The Kier molecular flexibility index (Phi) is 6.64. The first-order chi connectivity index (χ1) is 7.07. The van der Waals surface area contributed by atoms with Crippen LogP contribution in [0.2, 0.25) is 0 Å². The molecule has 8 heteroatoms. The van der Waals surface area contributed by atoms with Gasteiger partial charge in [0.25, 0.3) is 0 Å². The molecule has 0 saturated carbocycles. The number of carbonyl (C=O) groups excluding carboxylic acids is 1. The Balaban J connectivity index is 3.70. The maximum Gasteiger partial charge on any atom is 0.322 e. The number of hydrogen-bond donors (Lipinski definition) is 6. The van der Waals surface area contributed by atoms with Gasteiger partial charge in [0.05, 0.1) is 0 Å². The van der Waals surface area contributed by atoms with Gasteiger partial charge in [0.15, 0.2) is 5.96 Å². The summed E-state index contributed by atoms with van der Waals surface area (Å²) in [6, 6.07) is -0.844. The first-order valence-electron chi connectivity index (χ1n) is 4.33. The van der Waals surface area contributed by atoms with Crippen LogP contribution >= 0.6 is 0 Å². The van der Waals surface area contributed by atoms with Crippen LogP contribution in [0.25, 0.3) is 0 Å². The van der Waals surface area contributed by atoms with E-state index in [2.05, 4.69) is 16.2 Å². The molecule has 86 valence electrons. The molecule has 15 heavy (non-hydrogen) atoms. The Morgan fingerprint density at radius 2 is 2.27 bits per heavy atom. The Labute approximate surface area is 86.7 Å². The maximum atomic E-state index is 10.6. The van der Waals surface area contributed by atoms with E-state index in [1.54, 1.807) is 0 Å². The molecular formula is C7H15N5O3. The minimum atomic E-state index is -1.05. The molecule has 7 N–H and O–H groups in total. The fourth-order valence-electron chi connectivity index (χ4n) is 0.921. The molecule has 8 nitrogen and oxygen atoms in total. The molecule has 1 unspecified atom stereocenters. The molecule has 0 saturated heterocycles. The second kappa shape index (κ2) is 7.56. The summed E-state index contributed by atoms with van der Waals surface area (Å²) in [4.78, 5) is 20.6. The quantitative estimate of drug-likeness (QED) is 0.0909. The molecule has 0 aromatic heterocycles. The van der Waals surface area contributed by atoms with Gasteiger partial charge in [0.1, 0.15) is 6.04 Å². The van der Waals surface area contributed by atoms with Gasteiger partial charge in [-0.15, -0.1) is 0 Å². The van der Waals surface area contributed by atoms with Gasteiger partial charge < -0.3 is 16.2 Å². The molecule has 0 bridgehead atoms. The largest absolute Gasteiger partial charge is 0.480 e. The first-order valence-corrected chi connectivity index (χ1v) is 4.33. The van der Waals surface area contributed by atoms with Crippen LogP contribution in [0.3, 0.4) is 0 Å². The molecule has 1 atom stereocenters. The monoisotopic (exact) mass is 217 g/mol. The second-order valence-corrected chi connectivity index (χ2v) is 2.78. The number of aliphatic carboxylic acids is 1. The van der Waals surface area contributed by atoms with Gasteiger partial charge in [0, 0.05) is 6.54 Å². The predicted molar refractivity (Wildman–Crippen MR) is 52.9 cm³/mol. The number of nitrogens with one attached hydrogen (secondary N) is 4. The minimum absolute atomic E-state index is 0.152. The van der Waals surface area contributed by atoms with Gasteiger partial charge in [-0.25, -0.2) is 5.43 Å². The van der Waals surface area contributed by atoms with E-state index in [0.29, 0.717) is 25.8 Å². The molecule has 0 aromatic carbocycles. The lowest BCUT2D eigenvalue weighted by molar-refractivity contribution is -0.140. The average molecular weight is 217 g/mol. The third kappa shape index (κ3) is 7.26. The summed E-state index contributed by atoms with van der Waals surface area (Å²) < 4.78 is 0. The van der Waals surface area contributed by atoms with Crippen LogP contribution in [0, 0.1) is 5.41 Å². The number of guanidine groups is 1. The number of nitrogens with two attached hydrogens (primary N) is 1. The number of hydrazine groups is 1. The minimum Gasteiger partial charge on any atom is -0.480 e. The summed E-state index contributed by atoms with van der Waals surface area (Å²) in [6.45, 7) is 0.419. The lowest BCUT2D eigenvalue weighted by Gasteiger charge is -2.13. The summed E-state index contributed by atoms with van der Waals surface area (Å²) in [5.41, 5.74) is 9.44. The van der Waals surface area contributed by atoms with Crippen LogP contribution in [0.4, 0.5) is 0 Å². The normalized spacial score (nSPS) is 11.5. The third-order valence-electron chi connectivity index (χ3n) is 1.60. The van der Waals surface area contributed by atoms with Crippen molar-refractivity contribution in [3.63, 3.8) is 0 Å². The van der Waals surface area contributed by atoms with Crippen molar-refractivity contribution in [3.8, 4) is 0 Å². The first kappa shape index (κ1) is 13.2. The van der Waals surface area contributed by atoms with Gasteiger partial charge in [-0.1, -0.05) is 0 Å². The average Bonchev–Trinajstić information content (AvgIpc) is 2.15. The van der Waals surface area contributed by atoms with Crippen molar-refractivity contribution in [1.82, 2.24) is 16.2 Å². The number of rotatable bonds is 8. The van der Waals surface area contributed by atoms with Crippen molar-refractivity contribution in [1.29, 1.82) is 5.41 Å². The molecule has 0 radical (unpaired) electrons. The number of carboxylic acid groups (broad SMARTS) is 1. The van der Waals surface area contributed by atoms with Crippen molar-refractivity contribution in [3.05, 3.63) is 0 Å². The van der Waals surface area contributed by atoms with E-state index in [4.69, 9.17) is 16.2 Å². The summed E-state index contributed by atoms with van der Waals surface area (Å²) in [5.74, 6) is -1.20. The molecule has 0 aliphatic heterocycles. The van der Waals surface area contributed by atoms with Gasteiger partial charge in [-0.3, -0.25) is 20.4 Å². The second-order valence-electron chi connectivity index (χ2n) is 2.78. The highest BCUT2D eigenvalue weighted by atomic mass is 16.4. The molecule has 0 fully saturated rings. The highest BCUT2D eigenvalue weighted by Crippen LogP contribution is 1.95. The maximum absolute atomic E-state index is 10.6. The number of carboxylic acids is 1. The van der Waals surface area contributed by atoms with Crippen LogP contribution in [0.5, 0.6) is 0 Å². The Morgan fingerprint density at radius 1 is 1.60 bits per heavy atom. The van der Waals surface area contributed by atoms with Crippen molar-refractivity contribution in [2.75, 3.05) is 6.54 Å². The van der Waals surface area contributed by atoms with E-state index in [0.717, 1.165) is 0 Å². The Morgan fingerprint density at radius 3 is 2.73 bits per heavy atom. The van der Waals surface area contributed by atoms with Crippen molar-refractivity contribution in [2.45, 2.75) is 18.9 Å². The lowest BCUT2D eigenvalue weighted by atomic mass is 10.1.